The second-order valence-corrected chi connectivity index (χ2v) is 6.67. The third-order valence-corrected chi connectivity index (χ3v) is 3.90. The van der Waals surface area contributed by atoms with Crippen molar-refractivity contribution in [2.45, 2.75) is 36.0 Å². The van der Waals surface area contributed by atoms with Gasteiger partial charge in [-0.25, -0.2) is 0 Å². The van der Waals surface area contributed by atoms with Crippen LogP contribution in [0.15, 0.2) is 52.3 Å². The zero-order valence-corrected chi connectivity index (χ0v) is 12.2. The lowest BCUT2D eigenvalue weighted by molar-refractivity contribution is 0.402. The lowest BCUT2D eigenvalue weighted by atomic mass is 9.87. The average Bonchev–Trinajstić information content (AvgIpc) is 2.33. The summed E-state index contributed by atoms with van der Waals surface area (Å²) in [4.78, 5) is 2.01. The minimum absolute atomic E-state index is 0.0867. The first-order valence-corrected chi connectivity index (χ1v) is 6.98. The van der Waals surface area contributed by atoms with Gasteiger partial charge in [0.15, 0.2) is 11.5 Å². The molecule has 3 heteroatoms. The zero-order valence-electron chi connectivity index (χ0n) is 11.3. The molecule has 19 heavy (non-hydrogen) atoms. The van der Waals surface area contributed by atoms with Gasteiger partial charge in [-0.3, -0.25) is 0 Å². The Kier molecular flexibility index (Phi) is 3.76. The van der Waals surface area contributed by atoms with Gasteiger partial charge < -0.3 is 10.2 Å². The molecule has 0 aliphatic rings. The van der Waals surface area contributed by atoms with E-state index in [-0.39, 0.29) is 16.9 Å². The fourth-order valence-corrected chi connectivity index (χ4v) is 2.58. The number of rotatable bonds is 2. The molecule has 0 atom stereocenters. The first kappa shape index (κ1) is 13.8. The number of hydrogen-bond donors (Lipinski definition) is 2. The van der Waals surface area contributed by atoms with Crippen LogP contribution in [0, 0.1) is 0 Å². The monoisotopic (exact) mass is 274 g/mol. The Labute approximate surface area is 118 Å². The van der Waals surface area contributed by atoms with E-state index < -0.39 is 0 Å². The molecular weight excluding hydrogens is 256 g/mol. The smallest absolute Gasteiger partial charge is 0.158 e. The van der Waals surface area contributed by atoms with Gasteiger partial charge in [0, 0.05) is 9.79 Å². The van der Waals surface area contributed by atoms with E-state index >= 15 is 0 Å². The Bertz CT molecular complexity index is 568. The maximum absolute atomic E-state index is 9.47. The van der Waals surface area contributed by atoms with Crippen molar-refractivity contribution in [2.24, 2.45) is 0 Å². The highest BCUT2D eigenvalue weighted by Crippen LogP contribution is 2.34. The van der Waals surface area contributed by atoms with E-state index in [9.17, 15) is 10.2 Å². The average molecular weight is 274 g/mol. The van der Waals surface area contributed by atoms with Crippen LogP contribution >= 0.6 is 11.8 Å². The van der Waals surface area contributed by atoms with Crippen LogP contribution in [-0.2, 0) is 5.41 Å². The van der Waals surface area contributed by atoms with E-state index in [0.717, 1.165) is 9.79 Å². The predicted octanol–water partition coefficient (Wildman–Crippen LogP) is 4.55. The van der Waals surface area contributed by atoms with Crippen molar-refractivity contribution < 1.29 is 10.2 Å². The molecule has 2 aromatic rings. The molecule has 2 aromatic carbocycles. The first-order valence-electron chi connectivity index (χ1n) is 6.16. The fraction of sp³-hybridized carbons (Fsp3) is 0.250. The topological polar surface area (TPSA) is 40.5 Å². The van der Waals surface area contributed by atoms with Gasteiger partial charge in [0.05, 0.1) is 0 Å². The SMILES string of the molecule is CC(C)(C)c1ccc(Sc2ccc(O)c(O)c2)cc1. The molecule has 2 rings (SSSR count). The normalized spacial score (nSPS) is 11.5. The maximum Gasteiger partial charge on any atom is 0.158 e. The molecule has 0 amide bonds. The van der Waals surface area contributed by atoms with Crippen LogP contribution in [0.4, 0.5) is 0 Å². The third-order valence-electron chi connectivity index (χ3n) is 2.90. The van der Waals surface area contributed by atoms with Crippen LogP contribution in [-0.4, -0.2) is 10.2 Å². The minimum Gasteiger partial charge on any atom is -0.504 e. The van der Waals surface area contributed by atoms with E-state index in [0.29, 0.717) is 0 Å². The summed E-state index contributed by atoms with van der Waals surface area (Å²) in [7, 11) is 0. The number of phenolic OH excluding ortho intramolecular Hbond substituents is 2. The number of phenols is 2. The van der Waals surface area contributed by atoms with Crippen molar-refractivity contribution in [1.82, 2.24) is 0 Å². The molecule has 0 spiro atoms. The summed E-state index contributed by atoms with van der Waals surface area (Å²) in [5.74, 6) is -0.177. The van der Waals surface area contributed by atoms with Crippen LogP contribution in [0.1, 0.15) is 26.3 Å². The highest BCUT2D eigenvalue weighted by Gasteiger charge is 2.13. The molecule has 0 radical (unpaired) electrons. The molecule has 0 saturated heterocycles. The fourth-order valence-electron chi connectivity index (χ4n) is 1.73. The van der Waals surface area contributed by atoms with Crippen molar-refractivity contribution in [1.29, 1.82) is 0 Å². The minimum atomic E-state index is -0.0903. The number of aromatic hydroxyl groups is 2. The molecule has 2 N–H and O–H groups in total. The molecule has 0 aliphatic heterocycles. The Hall–Kier alpha value is -1.61. The Balaban J connectivity index is 2.17. The third kappa shape index (κ3) is 3.44. The molecular formula is C16H18O2S. The largest absolute Gasteiger partial charge is 0.504 e. The highest BCUT2D eigenvalue weighted by molar-refractivity contribution is 7.99. The van der Waals surface area contributed by atoms with Gasteiger partial charge in [0.2, 0.25) is 0 Å². The van der Waals surface area contributed by atoms with E-state index in [2.05, 4.69) is 45.0 Å². The van der Waals surface area contributed by atoms with Crippen LogP contribution in [0.5, 0.6) is 11.5 Å². The predicted molar refractivity (Wildman–Crippen MR) is 79.0 cm³/mol. The lowest BCUT2D eigenvalue weighted by Gasteiger charge is -2.19. The van der Waals surface area contributed by atoms with E-state index in [1.54, 1.807) is 23.9 Å². The maximum atomic E-state index is 9.47. The van der Waals surface area contributed by atoms with Gasteiger partial charge in [-0.15, -0.1) is 0 Å². The second-order valence-electron chi connectivity index (χ2n) is 5.53. The molecule has 0 aromatic heterocycles. The summed E-state index contributed by atoms with van der Waals surface area (Å²) >= 11 is 1.56. The summed E-state index contributed by atoms with van der Waals surface area (Å²) in [6, 6.07) is 13.3. The van der Waals surface area contributed by atoms with Gasteiger partial charge >= 0.3 is 0 Å². The van der Waals surface area contributed by atoms with Gasteiger partial charge in [-0.05, 0) is 41.3 Å². The van der Waals surface area contributed by atoms with Crippen LogP contribution in [0.3, 0.4) is 0 Å². The van der Waals surface area contributed by atoms with Crippen molar-refractivity contribution in [3.8, 4) is 11.5 Å². The van der Waals surface area contributed by atoms with Gasteiger partial charge in [0.25, 0.3) is 0 Å². The molecule has 0 saturated carbocycles. The number of hydrogen-bond acceptors (Lipinski definition) is 3. The van der Waals surface area contributed by atoms with Crippen molar-refractivity contribution in [3.63, 3.8) is 0 Å². The summed E-state index contributed by atoms with van der Waals surface area (Å²) in [5, 5.41) is 18.7. The molecule has 0 bridgehead atoms. The Morgan fingerprint density at radius 1 is 0.789 bits per heavy atom. The van der Waals surface area contributed by atoms with Gasteiger partial charge in [-0.1, -0.05) is 44.7 Å². The molecule has 0 aliphatic carbocycles. The van der Waals surface area contributed by atoms with Crippen LogP contribution in [0.25, 0.3) is 0 Å². The quantitative estimate of drug-likeness (QED) is 0.789. The van der Waals surface area contributed by atoms with E-state index in [1.165, 1.54) is 11.6 Å². The molecule has 0 unspecified atom stereocenters. The first-order chi connectivity index (χ1) is 8.86. The summed E-state index contributed by atoms with van der Waals surface area (Å²) in [6.07, 6.45) is 0. The highest BCUT2D eigenvalue weighted by atomic mass is 32.2. The summed E-state index contributed by atoms with van der Waals surface area (Å²) < 4.78 is 0. The summed E-state index contributed by atoms with van der Waals surface area (Å²) in [5.41, 5.74) is 1.45. The van der Waals surface area contributed by atoms with Crippen molar-refractivity contribution in [3.05, 3.63) is 48.0 Å². The molecule has 2 nitrogen and oxygen atoms in total. The molecule has 100 valence electrons. The molecule has 0 fully saturated rings. The van der Waals surface area contributed by atoms with Crippen molar-refractivity contribution >= 4 is 11.8 Å². The number of benzene rings is 2. The Morgan fingerprint density at radius 3 is 1.89 bits per heavy atom. The van der Waals surface area contributed by atoms with E-state index in [4.69, 9.17) is 0 Å². The lowest BCUT2D eigenvalue weighted by Crippen LogP contribution is -2.10. The molecule has 0 heterocycles. The van der Waals surface area contributed by atoms with E-state index in [1.807, 2.05) is 0 Å². The van der Waals surface area contributed by atoms with Crippen LogP contribution < -0.4 is 0 Å². The van der Waals surface area contributed by atoms with Gasteiger partial charge in [-0.2, -0.15) is 0 Å². The zero-order chi connectivity index (χ0) is 14.0. The van der Waals surface area contributed by atoms with Gasteiger partial charge in [0.1, 0.15) is 0 Å². The van der Waals surface area contributed by atoms with Crippen LogP contribution in [0.2, 0.25) is 0 Å². The summed E-state index contributed by atoms with van der Waals surface area (Å²) in [6.45, 7) is 6.56. The second kappa shape index (κ2) is 5.17. The Morgan fingerprint density at radius 2 is 1.37 bits per heavy atom. The van der Waals surface area contributed by atoms with Crippen molar-refractivity contribution in [2.75, 3.05) is 0 Å². The standard InChI is InChI=1S/C16H18O2S/c1-16(2,3)11-4-6-12(7-5-11)19-13-8-9-14(17)15(18)10-13/h4-10,17-18H,1-3H3.